The van der Waals surface area contributed by atoms with Gasteiger partial charge in [0, 0.05) is 11.8 Å². The van der Waals surface area contributed by atoms with Gasteiger partial charge in [0.15, 0.2) is 0 Å². The van der Waals surface area contributed by atoms with E-state index in [0.29, 0.717) is 6.42 Å². The van der Waals surface area contributed by atoms with Crippen LogP contribution in [-0.4, -0.2) is 53.6 Å². The molecule has 0 spiro atoms. The third-order valence-corrected chi connectivity index (χ3v) is 4.39. The van der Waals surface area contributed by atoms with Gasteiger partial charge in [-0.05, 0) is 20.3 Å². The third kappa shape index (κ3) is 6.84. The van der Waals surface area contributed by atoms with Gasteiger partial charge in [-0.15, -0.1) is 0 Å². The number of hydrogen-bond acceptors (Lipinski definition) is 3. The van der Waals surface area contributed by atoms with Crippen LogP contribution < -0.4 is 0 Å². The number of Topliss-reactive ketones (excluding diaryl/α,β-unsaturated/α-hetero) is 1. The molecule has 0 aromatic rings. The maximum Gasteiger partial charge on any atom is 0.135 e. The van der Waals surface area contributed by atoms with Gasteiger partial charge in [-0.3, -0.25) is 10.1 Å². The number of alkyl halides is 1. The molecule has 5 heteroatoms. The lowest BCUT2D eigenvalue weighted by Gasteiger charge is -2.37. The fourth-order valence-corrected chi connectivity index (χ4v) is 3.08. The molecule has 0 rings (SSSR count). The van der Waals surface area contributed by atoms with E-state index in [2.05, 4.69) is 42.0 Å². The molecule has 114 valence electrons. The molecule has 0 bridgehead atoms. The van der Waals surface area contributed by atoms with Crippen molar-refractivity contribution in [2.75, 3.05) is 27.7 Å². The zero-order valence-corrected chi connectivity index (χ0v) is 14.9. The third-order valence-electron chi connectivity index (χ3n) is 3.60. The van der Waals surface area contributed by atoms with Gasteiger partial charge in [0.2, 0.25) is 0 Å². The highest BCUT2D eigenvalue weighted by Gasteiger charge is 2.40. The maximum atomic E-state index is 11.6. The summed E-state index contributed by atoms with van der Waals surface area (Å²) in [4.78, 5) is 16.3. The summed E-state index contributed by atoms with van der Waals surface area (Å²) < 4.78 is 0.366. The minimum Gasteiger partial charge on any atom is -0.331 e. The largest absolute Gasteiger partial charge is 0.331 e. The Balaban J connectivity index is 4.79. The second-order valence-corrected chi connectivity index (χ2v) is 9.10. The molecule has 0 aliphatic heterocycles. The molecule has 2 unspecified atom stereocenters. The van der Waals surface area contributed by atoms with Crippen LogP contribution in [0.1, 0.15) is 40.5 Å². The van der Waals surface area contributed by atoms with E-state index in [0.717, 1.165) is 17.4 Å². The van der Waals surface area contributed by atoms with Crippen molar-refractivity contribution >= 4 is 21.7 Å². The molecule has 2 atom stereocenters. The molecule has 0 radical (unpaired) electrons. The van der Waals surface area contributed by atoms with Crippen molar-refractivity contribution in [3.63, 3.8) is 0 Å². The van der Waals surface area contributed by atoms with E-state index in [4.69, 9.17) is 0 Å². The van der Waals surface area contributed by atoms with Crippen LogP contribution in [-0.2, 0) is 9.68 Å². The highest BCUT2D eigenvalue weighted by molar-refractivity contribution is 9.10. The van der Waals surface area contributed by atoms with Gasteiger partial charge in [0.1, 0.15) is 11.9 Å². The number of halogens is 1. The van der Waals surface area contributed by atoms with Gasteiger partial charge in [0.05, 0.1) is 32.0 Å². The fraction of sp³-hybridized carbons (Fsp3) is 0.929. The molecule has 1 N–H and O–H groups in total. The van der Waals surface area contributed by atoms with Gasteiger partial charge in [-0.1, -0.05) is 29.8 Å². The molecule has 0 saturated carbocycles. The minimum absolute atomic E-state index is 0.140. The molecule has 0 aromatic carbocycles. The molecule has 0 heterocycles. The molecule has 0 aliphatic rings. The molecule has 0 saturated heterocycles. The highest BCUT2D eigenvalue weighted by Crippen LogP contribution is 2.39. The molecule has 0 aromatic heterocycles. The van der Waals surface area contributed by atoms with Crippen molar-refractivity contribution in [1.29, 1.82) is 0 Å². The zero-order valence-electron chi connectivity index (χ0n) is 13.3. The number of nitrogens with zero attached hydrogens (tertiary/aromatic N) is 1. The predicted molar refractivity (Wildman–Crippen MR) is 81.4 cm³/mol. The summed E-state index contributed by atoms with van der Waals surface area (Å²) in [6.45, 7) is 8.29. The Bertz CT molecular complexity index is 308. The monoisotopic (exact) mass is 338 g/mol. The van der Waals surface area contributed by atoms with Crippen LogP contribution in [0.4, 0.5) is 0 Å². The Morgan fingerprint density at radius 1 is 1.32 bits per heavy atom. The van der Waals surface area contributed by atoms with Crippen LogP contribution >= 0.6 is 15.9 Å². The summed E-state index contributed by atoms with van der Waals surface area (Å²) in [6.07, 6.45) is 0.983. The Hall–Kier alpha value is 0.0300. The normalized spacial score (nSPS) is 17.9. The van der Waals surface area contributed by atoms with Crippen molar-refractivity contribution in [2.45, 2.75) is 51.0 Å². The molecule has 0 fully saturated rings. The molecule has 0 amide bonds. The van der Waals surface area contributed by atoms with Crippen molar-refractivity contribution in [3.8, 4) is 0 Å². The smallest absolute Gasteiger partial charge is 0.135 e. The van der Waals surface area contributed by atoms with E-state index < -0.39 is 9.74 Å². The van der Waals surface area contributed by atoms with E-state index in [1.165, 1.54) is 0 Å². The van der Waals surface area contributed by atoms with E-state index in [1.54, 1.807) is 6.92 Å². The van der Waals surface area contributed by atoms with E-state index in [1.807, 2.05) is 20.8 Å². The maximum absolute atomic E-state index is 11.6. The van der Waals surface area contributed by atoms with Crippen LogP contribution in [0, 0.1) is 5.41 Å². The van der Waals surface area contributed by atoms with Crippen LogP contribution in [0.3, 0.4) is 0 Å². The highest BCUT2D eigenvalue weighted by atomic mass is 79.9. The van der Waals surface area contributed by atoms with E-state index in [9.17, 15) is 10.1 Å². The van der Waals surface area contributed by atoms with Crippen LogP contribution in [0.15, 0.2) is 0 Å². The first-order valence-corrected chi connectivity index (χ1v) is 7.42. The van der Waals surface area contributed by atoms with Crippen molar-refractivity contribution < 1.29 is 19.4 Å². The van der Waals surface area contributed by atoms with Gasteiger partial charge >= 0.3 is 0 Å². The molecular formula is C14H29BrNO3+. The molecule has 4 nitrogen and oxygen atoms in total. The zero-order chi connectivity index (χ0) is 15.5. The molecule has 0 aliphatic carbocycles. The molecular weight excluding hydrogens is 310 g/mol. The van der Waals surface area contributed by atoms with Gasteiger partial charge < -0.3 is 4.48 Å². The lowest BCUT2D eigenvalue weighted by molar-refractivity contribution is -0.871. The van der Waals surface area contributed by atoms with Crippen molar-refractivity contribution in [2.24, 2.45) is 5.41 Å². The predicted octanol–water partition coefficient (Wildman–Crippen LogP) is 3.10. The average Bonchev–Trinajstić information content (AvgIpc) is 2.13. The number of carbonyl (C=O) groups excluding carboxylic acids is 1. The van der Waals surface area contributed by atoms with Gasteiger partial charge in [-0.2, -0.15) is 0 Å². The minimum atomic E-state index is -0.439. The lowest BCUT2D eigenvalue weighted by Crippen LogP contribution is -2.45. The Morgan fingerprint density at radius 3 is 2.11 bits per heavy atom. The summed E-state index contributed by atoms with van der Waals surface area (Å²) >= 11 is 3.64. The van der Waals surface area contributed by atoms with E-state index >= 15 is 0 Å². The first-order chi connectivity index (χ1) is 8.32. The summed E-state index contributed by atoms with van der Waals surface area (Å²) in [6, 6.07) is 0. The Labute approximate surface area is 125 Å². The topological polar surface area (TPSA) is 46.5 Å². The standard InChI is InChI=1S/C14H28BrNO3/c1-11(17)13(2,3)10-14(4,15)12(19-18)8-9-16(5,6)7/h12H,8-10H2,1-7H3/p+1. The Morgan fingerprint density at radius 2 is 1.79 bits per heavy atom. The van der Waals surface area contributed by atoms with Gasteiger partial charge in [0.25, 0.3) is 0 Å². The first kappa shape index (κ1) is 19.0. The summed E-state index contributed by atoms with van der Waals surface area (Å²) in [7, 11) is 6.29. The number of carbonyl (C=O) groups is 1. The average molecular weight is 339 g/mol. The summed E-state index contributed by atoms with van der Waals surface area (Å²) in [5.41, 5.74) is -0.439. The number of rotatable bonds is 8. The van der Waals surface area contributed by atoms with Crippen molar-refractivity contribution in [1.82, 2.24) is 0 Å². The second-order valence-electron chi connectivity index (χ2n) is 7.29. The van der Waals surface area contributed by atoms with Crippen molar-refractivity contribution in [3.05, 3.63) is 0 Å². The number of hydrogen-bond donors (Lipinski definition) is 1. The van der Waals surface area contributed by atoms with E-state index in [-0.39, 0.29) is 11.9 Å². The number of ketones is 1. The Kier molecular flexibility index (Phi) is 6.67. The SMILES string of the molecule is CC(=O)C(C)(C)CC(C)(Br)C(CC[N+](C)(C)C)OO. The number of quaternary nitrogens is 1. The van der Waals surface area contributed by atoms with Crippen LogP contribution in [0.5, 0.6) is 0 Å². The summed E-state index contributed by atoms with van der Waals surface area (Å²) in [5, 5.41) is 9.17. The first-order valence-electron chi connectivity index (χ1n) is 6.62. The lowest BCUT2D eigenvalue weighted by atomic mass is 9.78. The quantitative estimate of drug-likeness (QED) is 0.320. The van der Waals surface area contributed by atoms with Gasteiger partial charge in [-0.25, -0.2) is 4.89 Å². The van der Waals surface area contributed by atoms with Crippen LogP contribution in [0.2, 0.25) is 0 Å². The van der Waals surface area contributed by atoms with Crippen LogP contribution in [0.25, 0.3) is 0 Å². The fourth-order valence-electron chi connectivity index (χ4n) is 2.07. The summed E-state index contributed by atoms with van der Waals surface area (Å²) in [5.74, 6) is 0.140. The second kappa shape index (κ2) is 6.66. The molecule has 19 heavy (non-hydrogen) atoms.